The molecule has 0 spiro atoms. The molecule has 15 heavy (non-hydrogen) atoms. The van der Waals surface area contributed by atoms with E-state index in [4.69, 9.17) is 5.11 Å². The molecule has 0 radical (unpaired) electrons. The van der Waals surface area contributed by atoms with Crippen LogP contribution >= 0.6 is 15.9 Å². The third-order valence-corrected chi connectivity index (χ3v) is 2.70. The number of hydrogen-bond donors (Lipinski definition) is 2. The van der Waals surface area contributed by atoms with Crippen molar-refractivity contribution in [2.45, 2.75) is 20.8 Å². The molecular formula is C12H18BrNO. The first kappa shape index (κ1) is 12.5. The van der Waals surface area contributed by atoms with E-state index in [1.54, 1.807) is 0 Å². The number of aryl methyl sites for hydroxylation is 1. The molecule has 1 aromatic carbocycles. The molecule has 1 aromatic rings. The van der Waals surface area contributed by atoms with E-state index < -0.39 is 0 Å². The Bertz CT molecular complexity index is 316. The van der Waals surface area contributed by atoms with Gasteiger partial charge in [-0.25, -0.2) is 0 Å². The molecule has 2 nitrogen and oxygen atoms in total. The third kappa shape index (κ3) is 4.22. The van der Waals surface area contributed by atoms with Crippen LogP contribution in [0.15, 0.2) is 22.7 Å². The van der Waals surface area contributed by atoms with Crippen molar-refractivity contribution >= 4 is 21.6 Å². The SMILES string of the molecule is Cc1cc(Br)cc(NCC(C)(C)CO)c1. The first-order chi connectivity index (χ1) is 6.93. The summed E-state index contributed by atoms with van der Waals surface area (Å²) in [7, 11) is 0. The van der Waals surface area contributed by atoms with Gasteiger partial charge in [0, 0.05) is 28.7 Å². The van der Waals surface area contributed by atoms with E-state index >= 15 is 0 Å². The first-order valence-corrected chi connectivity index (χ1v) is 5.84. The van der Waals surface area contributed by atoms with Crippen molar-refractivity contribution in [3.8, 4) is 0 Å². The van der Waals surface area contributed by atoms with Gasteiger partial charge >= 0.3 is 0 Å². The zero-order chi connectivity index (χ0) is 11.5. The number of aliphatic hydroxyl groups excluding tert-OH is 1. The van der Waals surface area contributed by atoms with Crippen LogP contribution in [0.3, 0.4) is 0 Å². The summed E-state index contributed by atoms with van der Waals surface area (Å²) in [6.45, 7) is 7.08. The van der Waals surface area contributed by atoms with E-state index in [2.05, 4.69) is 40.3 Å². The van der Waals surface area contributed by atoms with Gasteiger partial charge in [-0.1, -0.05) is 29.8 Å². The lowest BCUT2D eigenvalue weighted by atomic mass is 9.95. The predicted molar refractivity (Wildman–Crippen MR) is 68.2 cm³/mol. The molecule has 0 aliphatic rings. The largest absolute Gasteiger partial charge is 0.396 e. The fourth-order valence-corrected chi connectivity index (χ4v) is 1.84. The van der Waals surface area contributed by atoms with E-state index in [-0.39, 0.29) is 12.0 Å². The lowest BCUT2D eigenvalue weighted by Crippen LogP contribution is -2.26. The Morgan fingerprint density at radius 3 is 2.53 bits per heavy atom. The van der Waals surface area contributed by atoms with Gasteiger partial charge in [0.1, 0.15) is 0 Å². The molecular weight excluding hydrogens is 254 g/mol. The lowest BCUT2D eigenvalue weighted by molar-refractivity contribution is 0.171. The van der Waals surface area contributed by atoms with E-state index in [1.807, 2.05) is 19.9 Å². The van der Waals surface area contributed by atoms with E-state index in [0.29, 0.717) is 0 Å². The van der Waals surface area contributed by atoms with Crippen molar-refractivity contribution in [2.24, 2.45) is 5.41 Å². The Balaban J connectivity index is 2.65. The summed E-state index contributed by atoms with van der Waals surface area (Å²) < 4.78 is 1.08. The maximum absolute atomic E-state index is 9.13. The number of anilines is 1. The van der Waals surface area contributed by atoms with Crippen LogP contribution in [-0.4, -0.2) is 18.3 Å². The maximum Gasteiger partial charge on any atom is 0.0498 e. The molecule has 0 unspecified atom stereocenters. The Labute approximate surface area is 99.8 Å². The highest BCUT2D eigenvalue weighted by Crippen LogP contribution is 2.21. The second-order valence-electron chi connectivity index (χ2n) is 4.69. The summed E-state index contributed by atoms with van der Waals surface area (Å²) in [5.74, 6) is 0. The van der Waals surface area contributed by atoms with Crippen LogP contribution in [0.25, 0.3) is 0 Å². The van der Waals surface area contributed by atoms with Crippen LogP contribution in [0.1, 0.15) is 19.4 Å². The Kier molecular flexibility index (Phi) is 4.17. The molecule has 0 saturated carbocycles. The number of benzene rings is 1. The first-order valence-electron chi connectivity index (χ1n) is 5.05. The number of halogens is 1. The van der Waals surface area contributed by atoms with Gasteiger partial charge in [0.25, 0.3) is 0 Å². The smallest absolute Gasteiger partial charge is 0.0498 e. The van der Waals surface area contributed by atoms with Gasteiger partial charge in [-0.3, -0.25) is 0 Å². The normalized spacial score (nSPS) is 11.5. The van der Waals surface area contributed by atoms with Gasteiger partial charge in [0.2, 0.25) is 0 Å². The van der Waals surface area contributed by atoms with Crippen LogP contribution in [0.5, 0.6) is 0 Å². The van der Waals surface area contributed by atoms with Gasteiger partial charge in [0.15, 0.2) is 0 Å². The molecule has 0 bridgehead atoms. The third-order valence-electron chi connectivity index (χ3n) is 2.24. The zero-order valence-corrected chi connectivity index (χ0v) is 11.1. The second-order valence-corrected chi connectivity index (χ2v) is 5.61. The van der Waals surface area contributed by atoms with Crippen LogP contribution in [0.4, 0.5) is 5.69 Å². The second kappa shape index (κ2) is 4.99. The standard InChI is InChI=1S/C12H18BrNO/c1-9-4-10(13)6-11(5-9)14-7-12(2,3)8-15/h4-6,14-15H,7-8H2,1-3H3. The molecule has 3 heteroatoms. The molecule has 1 rings (SSSR count). The molecule has 0 aliphatic heterocycles. The molecule has 0 atom stereocenters. The summed E-state index contributed by atoms with van der Waals surface area (Å²) in [5.41, 5.74) is 2.22. The number of rotatable bonds is 4. The number of nitrogens with one attached hydrogen (secondary N) is 1. The Morgan fingerprint density at radius 1 is 1.33 bits per heavy atom. The van der Waals surface area contributed by atoms with Crippen molar-refractivity contribution in [3.05, 3.63) is 28.2 Å². The van der Waals surface area contributed by atoms with Crippen molar-refractivity contribution in [3.63, 3.8) is 0 Å². The maximum atomic E-state index is 9.13. The highest BCUT2D eigenvalue weighted by Gasteiger charge is 2.15. The van der Waals surface area contributed by atoms with E-state index in [0.717, 1.165) is 16.7 Å². The van der Waals surface area contributed by atoms with Crippen molar-refractivity contribution in [1.82, 2.24) is 0 Å². The Morgan fingerprint density at radius 2 is 2.00 bits per heavy atom. The molecule has 0 saturated heterocycles. The highest BCUT2D eigenvalue weighted by atomic mass is 79.9. The average molecular weight is 272 g/mol. The van der Waals surface area contributed by atoms with Crippen molar-refractivity contribution in [1.29, 1.82) is 0 Å². The van der Waals surface area contributed by atoms with E-state index in [1.165, 1.54) is 5.56 Å². The highest BCUT2D eigenvalue weighted by molar-refractivity contribution is 9.10. The molecule has 0 aliphatic carbocycles. The van der Waals surface area contributed by atoms with Crippen LogP contribution in [0, 0.1) is 12.3 Å². The molecule has 0 fully saturated rings. The monoisotopic (exact) mass is 271 g/mol. The minimum atomic E-state index is -0.0871. The van der Waals surface area contributed by atoms with Crippen molar-refractivity contribution in [2.75, 3.05) is 18.5 Å². The fraction of sp³-hybridized carbons (Fsp3) is 0.500. The fourth-order valence-electron chi connectivity index (χ4n) is 1.24. The van der Waals surface area contributed by atoms with Crippen molar-refractivity contribution < 1.29 is 5.11 Å². The van der Waals surface area contributed by atoms with Crippen LogP contribution in [0.2, 0.25) is 0 Å². The van der Waals surface area contributed by atoms with E-state index in [9.17, 15) is 0 Å². The minimum Gasteiger partial charge on any atom is -0.396 e. The number of hydrogen-bond acceptors (Lipinski definition) is 2. The van der Waals surface area contributed by atoms with Crippen LogP contribution in [-0.2, 0) is 0 Å². The summed E-state index contributed by atoms with van der Waals surface area (Å²) in [6.07, 6.45) is 0. The van der Waals surface area contributed by atoms with Gasteiger partial charge in [-0.15, -0.1) is 0 Å². The van der Waals surface area contributed by atoms with Gasteiger partial charge in [-0.2, -0.15) is 0 Å². The van der Waals surface area contributed by atoms with Gasteiger partial charge < -0.3 is 10.4 Å². The molecule has 84 valence electrons. The predicted octanol–water partition coefficient (Wildman–Crippen LogP) is 3.19. The number of aliphatic hydroxyl groups is 1. The lowest BCUT2D eigenvalue weighted by Gasteiger charge is -2.22. The Hall–Kier alpha value is -0.540. The zero-order valence-electron chi connectivity index (χ0n) is 9.47. The van der Waals surface area contributed by atoms with Gasteiger partial charge in [0.05, 0.1) is 0 Å². The molecule has 0 aromatic heterocycles. The quantitative estimate of drug-likeness (QED) is 0.882. The minimum absolute atomic E-state index is 0.0871. The summed E-state index contributed by atoms with van der Waals surface area (Å²) in [6, 6.07) is 6.21. The summed E-state index contributed by atoms with van der Waals surface area (Å²) in [5, 5.41) is 12.5. The average Bonchev–Trinajstić information content (AvgIpc) is 2.14. The molecule has 0 amide bonds. The summed E-state index contributed by atoms with van der Waals surface area (Å²) >= 11 is 3.46. The van der Waals surface area contributed by atoms with Gasteiger partial charge in [-0.05, 0) is 30.7 Å². The summed E-state index contributed by atoms with van der Waals surface area (Å²) in [4.78, 5) is 0. The van der Waals surface area contributed by atoms with Crippen LogP contribution < -0.4 is 5.32 Å². The molecule has 0 heterocycles. The topological polar surface area (TPSA) is 32.3 Å². The molecule has 2 N–H and O–H groups in total.